The van der Waals surface area contributed by atoms with Gasteiger partial charge in [-0.3, -0.25) is 0 Å². The second kappa shape index (κ2) is 6.79. The van der Waals surface area contributed by atoms with Crippen molar-refractivity contribution in [3.63, 3.8) is 0 Å². The van der Waals surface area contributed by atoms with E-state index in [2.05, 4.69) is 33.0 Å². The van der Waals surface area contributed by atoms with Gasteiger partial charge in [-0.05, 0) is 54.6 Å². The predicted octanol–water partition coefficient (Wildman–Crippen LogP) is 4.81. The van der Waals surface area contributed by atoms with Crippen LogP contribution >= 0.6 is 23.2 Å². The molecule has 1 rings (SSSR count). The molecular formula is C15H23Cl2N. The van der Waals surface area contributed by atoms with Gasteiger partial charge in [0.1, 0.15) is 0 Å². The molecule has 1 nitrogen and oxygen atoms in total. The Hall–Kier alpha value is -0.240. The molecule has 0 aliphatic heterocycles. The molecule has 18 heavy (non-hydrogen) atoms. The molecule has 0 aliphatic carbocycles. The molecule has 102 valence electrons. The first-order chi connectivity index (χ1) is 8.34. The molecule has 0 spiro atoms. The van der Waals surface area contributed by atoms with Crippen LogP contribution in [0.3, 0.4) is 0 Å². The molecule has 0 saturated heterocycles. The molecule has 1 N–H and O–H groups in total. The summed E-state index contributed by atoms with van der Waals surface area (Å²) in [6, 6.07) is 5.70. The Labute approximate surface area is 121 Å². The largest absolute Gasteiger partial charge is 0.317 e. The van der Waals surface area contributed by atoms with Crippen LogP contribution in [0.1, 0.15) is 33.3 Å². The van der Waals surface area contributed by atoms with Crippen LogP contribution in [0.4, 0.5) is 0 Å². The zero-order valence-corrected chi connectivity index (χ0v) is 13.2. The van der Waals surface area contributed by atoms with Crippen molar-refractivity contribution in [2.75, 3.05) is 13.1 Å². The molecule has 0 bridgehead atoms. The Morgan fingerprint density at radius 2 is 1.89 bits per heavy atom. The highest BCUT2D eigenvalue weighted by molar-refractivity contribution is 6.33. The van der Waals surface area contributed by atoms with E-state index in [0.717, 1.165) is 35.1 Å². The standard InChI is InChI=1S/C15H23Cl2N/c1-5-18-10-12(15(2,3)4)8-11-9-13(16)6-7-14(11)17/h6-7,9,12,18H,5,8,10H2,1-4H3. The maximum absolute atomic E-state index is 6.25. The maximum Gasteiger partial charge on any atom is 0.0439 e. The van der Waals surface area contributed by atoms with Crippen LogP contribution in [0.15, 0.2) is 18.2 Å². The topological polar surface area (TPSA) is 12.0 Å². The van der Waals surface area contributed by atoms with Gasteiger partial charge >= 0.3 is 0 Å². The Morgan fingerprint density at radius 3 is 2.44 bits per heavy atom. The van der Waals surface area contributed by atoms with Crippen molar-refractivity contribution in [3.05, 3.63) is 33.8 Å². The minimum Gasteiger partial charge on any atom is -0.317 e. The van der Waals surface area contributed by atoms with Gasteiger partial charge in [0.25, 0.3) is 0 Å². The molecular weight excluding hydrogens is 265 g/mol. The number of halogens is 2. The van der Waals surface area contributed by atoms with Gasteiger partial charge in [-0.1, -0.05) is 50.9 Å². The molecule has 1 atom stereocenters. The van der Waals surface area contributed by atoms with E-state index in [4.69, 9.17) is 23.2 Å². The van der Waals surface area contributed by atoms with Gasteiger partial charge in [-0.2, -0.15) is 0 Å². The van der Waals surface area contributed by atoms with E-state index < -0.39 is 0 Å². The molecule has 0 aromatic heterocycles. The Morgan fingerprint density at radius 1 is 1.22 bits per heavy atom. The number of nitrogens with one attached hydrogen (secondary N) is 1. The minimum absolute atomic E-state index is 0.244. The number of hydrogen-bond donors (Lipinski definition) is 1. The van der Waals surface area contributed by atoms with Crippen molar-refractivity contribution in [2.24, 2.45) is 11.3 Å². The maximum atomic E-state index is 6.25. The van der Waals surface area contributed by atoms with E-state index in [9.17, 15) is 0 Å². The van der Waals surface area contributed by atoms with Crippen molar-refractivity contribution in [1.29, 1.82) is 0 Å². The highest BCUT2D eigenvalue weighted by atomic mass is 35.5. The average Bonchev–Trinajstić information content (AvgIpc) is 2.27. The molecule has 3 heteroatoms. The number of benzene rings is 1. The van der Waals surface area contributed by atoms with Crippen molar-refractivity contribution in [2.45, 2.75) is 34.1 Å². The highest BCUT2D eigenvalue weighted by Crippen LogP contribution is 2.31. The van der Waals surface area contributed by atoms with Crippen LogP contribution < -0.4 is 5.32 Å². The van der Waals surface area contributed by atoms with E-state index >= 15 is 0 Å². The summed E-state index contributed by atoms with van der Waals surface area (Å²) >= 11 is 12.3. The first-order valence-corrected chi connectivity index (χ1v) is 7.24. The summed E-state index contributed by atoms with van der Waals surface area (Å²) in [6.07, 6.45) is 0.954. The van der Waals surface area contributed by atoms with Crippen molar-refractivity contribution < 1.29 is 0 Å². The van der Waals surface area contributed by atoms with Crippen LogP contribution in [0.25, 0.3) is 0 Å². The van der Waals surface area contributed by atoms with Gasteiger partial charge in [0.05, 0.1) is 0 Å². The summed E-state index contributed by atoms with van der Waals surface area (Å²) in [5.74, 6) is 0.536. The van der Waals surface area contributed by atoms with Crippen molar-refractivity contribution >= 4 is 23.2 Å². The lowest BCUT2D eigenvalue weighted by atomic mass is 9.77. The molecule has 0 amide bonds. The van der Waals surface area contributed by atoms with Crippen molar-refractivity contribution in [1.82, 2.24) is 5.32 Å². The molecule has 0 aliphatic rings. The van der Waals surface area contributed by atoms with Gasteiger partial charge < -0.3 is 5.32 Å². The number of hydrogen-bond acceptors (Lipinski definition) is 1. The lowest BCUT2D eigenvalue weighted by molar-refractivity contribution is 0.232. The molecule has 0 heterocycles. The normalized spacial score (nSPS) is 13.7. The first-order valence-electron chi connectivity index (χ1n) is 6.49. The average molecular weight is 288 g/mol. The second-order valence-electron chi connectivity index (χ2n) is 5.81. The fourth-order valence-corrected chi connectivity index (χ4v) is 2.36. The van der Waals surface area contributed by atoms with Gasteiger partial charge in [-0.15, -0.1) is 0 Å². The number of rotatable bonds is 5. The smallest absolute Gasteiger partial charge is 0.0439 e. The molecule has 1 aromatic carbocycles. The van der Waals surface area contributed by atoms with Gasteiger partial charge in [0.2, 0.25) is 0 Å². The molecule has 0 radical (unpaired) electrons. The van der Waals surface area contributed by atoms with Crippen molar-refractivity contribution in [3.8, 4) is 0 Å². The Bertz CT molecular complexity index is 383. The fraction of sp³-hybridized carbons (Fsp3) is 0.600. The van der Waals surface area contributed by atoms with E-state index in [1.807, 2.05) is 18.2 Å². The molecule has 0 saturated carbocycles. The van der Waals surface area contributed by atoms with Gasteiger partial charge in [-0.25, -0.2) is 0 Å². The van der Waals surface area contributed by atoms with Gasteiger partial charge in [0.15, 0.2) is 0 Å². The summed E-state index contributed by atoms with van der Waals surface area (Å²) in [6.45, 7) is 10.9. The summed E-state index contributed by atoms with van der Waals surface area (Å²) in [5, 5.41) is 5.00. The summed E-state index contributed by atoms with van der Waals surface area (Å²) < 4.78 is 0. The Kier molecular flexibility index (Phi) is 5.97. The fourth-order valence-electron chi connectivity index (χ4n) is 1.97. The third-order valence-corrected chi connectivity index (χ3v) is 3.94. The van der Waals surface area contributed by atoms with Crippen LogP contribution in [-0.2, 0) is 6.42 Å². The monoisotopic (exact) mass is 287 g/mol. The SMILES string of the molecule is CCNCC(Cc1cc(Cl)ccc1Cl)C(C)(C)C. The van der Waals surface area contributed by atoms with Crippen LogP contribution in [0, 0.1) is 11.3 Å². The molecule has 0 fully saturated rings. The lowest BCUT2D eigenvalue weighted by Gasteiger charge is -2.31. The predicted molar refractivity (Wildman–Crippen MR) is 81.7 cm³/mol. The molecule has 1 unspecified atom stereocenters. The summed E-state index contributed by atoms with van der Waals surface area (Å²) in [5.41, 5.74) is 1.38. The van der Waals surface area contributed by atoms with E-state index in [0.29, 0.717) is 5.92 Å². The third kappa shape index (κ3) is 4.79. The molecule has 1 aromatic rings. The first kappa shape index (κ1) is 15.8. The van der Waals surface area contributed by atoms with E-state index in [-0.39, 0.29) is 5.41 Å². The minimum atomic E-state index is 0.244. The van der Waals surface area contributed by atoms with Crippen LogP contribution in [0.5, 0.6) is 0 Å². The summed E-state index contributed by atoms with van der Waals surface area (Å²) in [7, 11) is 0. The highest BCUT2D eigenvalue weighted by Gasteiger charge is 2.25. The van der Waals surface area contributed by atoms with Crippen LogP contribution in [0.2, 0.25) is 10.0 Å². The zero-order chi connectivity index (χ0) is 13.8. The van der Waals surface area contributed by atoms with Gasteiger partial charge in [0, 0.05) is 10.0 Å². The quantitative estimate of drug-likeness (QED) is 0.820. The third-order valence-electron chi connectivity index (χ3n) is 3.34. The second-order valence-corrected chi connectivity index (χ2v) is 6.65. The lowest BCUT2D eigenvalue weighted by Crippen LogP contribution is -2.33. The zero-order valence-electron chi connectivity index (χ0n) is 11.7. The Balaban J connectivity index is 2.85. The van der Waals surface area contributed by atoms with E-state index in [1.165, 1.54) is 0 Å². The van der Waals surface area contributed by atoms with E-state index in [1.54, 1.807) is 0 Å². The van der Waals surface area contributed by atoms with Crippen LogP contribution in [-0.4, -0.2) is 13.1 Å². The summed E-state index contributed by atoms with van der Waals surface area (Å²) in [4.78, 5) is 0.